The molecular weight excluding hydrogens is 282 g/mol. The third-order valence-electron chi connectivity index (χ3n) is 3.68. The average molecular weight is 301 g/mol. The van der Waals surface area contributed by atoms with Crippen LogP contribution in [0.15, 0.2) is 29.2 Å². The maximum Gasteiger partial charge on any atom is 0.240 e. The van der Waals surface area contributed by atoms with Crippen molar-refractivity contribution in [1.29, 1.82) is 0 Å². The van der Waals surface area contributed by atoms with Gasteiger partial charge in [0.05, 0.1) is 4.90 Å². The Morgan fingerprint density at radius 2 is 1.84 bits per heavy atom. The minimum Gasteiger partial charge on any atom is -0.508 e. The molecule has 0 spiro atoms. The van der Waals surface area contributed by atoms with Gasteiger partial charge in [0.25, 0.3) is 0 Å². The number of aromatic hydroxyl groups is 1. The van der Waals surface area contributed by atoms with Crippen molar-refractivity contribution < 1.29 is 13.5 Å². The fourth-order valence-electron chi connectivity index (χ4n) is 2.41. The van der Waals surface area contributed by atoms with E-state index in [-0.39, 0.29) is 15.4 Å². The summed E-state index contributed by atoms with van der Waals surface area (Å²) >= 11 is 1.75. The van der Waals surface area contributed by atoms with Gasteiger partial charge in [0.1, 0.15) is 5.75 Å². The molecule has 0 atom stereocenters. The maximum atomic E-state index is 12.2. The summed E-state index contributed by atoms with van der Waals surface area (Å²) in [6.07, 6.45) is 6.50. The number of rotatable bonds is 5. The number of phenolic OH excluding ortho intramolecular Hbond substituents is 1. The van der Waals surface area contributed by atoms with Crippen LogP contribution in [-0.2, 0) is 10.0 Å². The van der Waals surface area contributed by atoms with Crippen LogP contribution in [-0.4, -0.2) is 31.1 Å². The molecule has 4 nitrogen and oxygen atoms in total. The summed E-state index contributed by atoms with van der Waals surface area (Å²) < 4.78 is 27.1. The van der Waals surface area contributed by atoms with Crippen LogP contribution in [0.25, 0.3) is 0 Å². The van der Waals surface area contributed by atoms with Crippen LogP contribution in [0.2, 0.25) is 0 Å². The Labute approximate surface area is 118 Å². The van der Waals surface area contributed by atoms with Gasteiger partial charge in [0.2, 0.25) is 10.0 Å². The van der Waals surface area contributed by atoms with Crippen molar-refractivity contribution in [2.24, 2.45) is 0 Å². The predicted molar refractivity (Wildman–Crippen MR) is 78.0 cm³/mol. The molecule has 1 aliphatic rings. The largest absolute Gasteiger partial charge is 0.508 e. The molecule has 106 valence electrons. The molecule has 1 saturated carbocycles. The van der Waals surface area contributed by atoms with Gasteiger partial charge in [-0.2, -0.15) is 11.8 Å². The summed E-state index contributed by atoms with van der Waals surface area (Å²) in [6.45, 7) is 0.470. The number of hydrogen-bond donors (Lipinski definition) is 2. The Kier molecular flexibility index (Phi) is 4.43. The van der Waals surface area contributed by atoms with Gasteiger partial charge >= 0.3 is 0 Å². The molecule has 0 aromatic heterocycles. The van der Waals surface area contributed by atoms with Gasteiger partial charge in [-0.15, -0.1) is 0 Å². The number of thioether (sulfide) groups is 1. The van der Waals surface area contributed by atoms with Crippen molar-refractivity contribution in [3.05, 3.63) is 24.3 Å². The summed E-state index contributed by atoms with van der Waals surface area (Å²) in [5.41, 5.74) is 0. The van der Waals surface area contributed by atoms with E-state index in [9.17, 15) is 13.5 Å². The summed E-state index contributed by atoms with van der Waals surface area (Å²) in [5, 5.41) is 9.19. The van der Waals surface area contributed by atoms with Crippen LogP contribution < -0.4 is 4.72 Å². The van der Waals surface area contributed by atoms with Gasteiger partial charge in [-0.3, -0.25) is 0 Å². The zero-order valence-electron chi connectivity index (χ0n) is 10.9. The molecule has 0 unspecified atom stereocenters. The van der Waals surface area contributed by atoms with Crippen LogP contribution in [0, 0.1) is 0 Å². The standard InChI is InChI=1S/C13H19NO3S2/c1-18-13(8-2-3-9-13)10-14-19(16,17)12-6-4-11(15)5-7-12/h4-7,14-15H,2-3,8-10H2,1H3. The topological polar surface area (TPSA) is 66.4 Å². The first-order chi connectivity index (χ1) is 8.97. The van der Waals surface area contributed by atoms with Crippen LogP contribution >= 0.6 is 11.8 Å². The van der Waals surface area contributed by atoms with Gasteiger partial charge < -0.3 is 5.11 Å². The molecule has 1 aromatic carbocycles. The number of benzene rings is 1. The monoisotopic (exact) mass is 301 g/mol. The molecule has 0 bridgehead atoms. The fourth-order valence-corrected chi connectivity index (χ4v) is 4.54. The lowest BCUT2D eigenvalue weighted by Gasteiger charge is -2.26. The van der Waals surface area contributed by atoms with E-state index in [1.54, 1.807) is 11.8 Å². The molecule has 6 heteroatoms. The van der Waals surface area contributed by atoms with E-state index in [4.69, 9.17) is 0 Å². The molecule has 19 heavy (non-hydrogen) atoms. The second-order valence-electron chi connectivity index (χ2n) is 4.91. The average Bonchev–Trinajstić information content (AvgIpc) is 2.87. The van der Waals surface area contributed by atoms with E-state index in [0.29, 0.717) is 6.54 Å². The van der Waals surface area contributed by atoms with Crippen molar-refractivity contribution >= 4 is 21.8 Å². The molecular formula is C13H19NO3S2. The summed E-state index contributed by atoms with van der Waals surface area (Å²) in [5.74, 6) is 0.0651. The Morgan fingerprint density at radius 3 is 2.37 bits per heavy atom. The Balaban J connectivity index is 2.07. The molecule has 1 aromatic rings. The highest BCUT2D eigenvalue weighted by Crippen LogP contribution is 2.39. The van der Waals surface area contributed by atoms with Gasteiger partial charge in [-0.05, 0) is 43.4 Å². The number of sulfonamides is 1. The molecule has 0 heterocycles. The molecule has 1 aliphatic carbocycles. The first kappa shape index (κ1) is 14.7. The zero-order chi connectivity index (χ0) is 13.9. The first-order valence-electron chi connectivity index (χ1n) is 6.31. The van der Waals surface area contributed by atoms with Crippen molar-refractivity contribution in [2.75, 3.05) is 12.8 Å². The third-order valence-corrected chi connectivity index (χ3v) is 6.51. The van der Waals surface area contributed by atoms with Crippen molar-refractivity contribution in [3.63, 3.8) is 0 Å². The van der Waals surface area contributed by atoms with Crippen LogP contribution in [0.3, 0.4) is 0 Å². The predicted octanol–water partition coefficient (Wildman–Crippen LogP) is 2.35. The molecule has 2 rings (SSSR count). The maximum absolute atomic E-state index is 12.2. The number of nitrogens with one attached hydrogen (secondary N) is 1. The molecule has 0 aliphatic heterocycles. The minimum atomic E-state index is -3.49. The number of hydrogen-bond acceptors (Lipinski definition) is 4. The molecule has 0 radical (unpaired) electrons. The van der Waals surface area contributed by atoms with E-state index < -0.39 is 10.0 Å². The van der Waals surface area contributed by atoms with Crippen LogP contribution in [0.1, 0.15) is 25.7 Å². The van der Waals surface area contributed by atoms with Crippen LogP contribution in [0.4, 0.5) is 0 Å². The second-order valence-corrected chi connectivity index (χ2v) is 7.95. The van der Waals surface area contributed by atoms with Gasteiger partial charge in [0.15, 0.2) is 0 Å². The fraction of sp³-hybridized carbons (Fsp3) is 0.538. The molecule has 2 N–H and O–H groups in total. The lowest BCUT2D eigenvalue weighted by atomic mass is 10.1. The van der Waals surface area contributed by atoms with E-state index in [1.807, 2.05) is 6.26 Å². The normalized spacial score (nSPS) is 18.6. The van der Waals surface area contributed by atoms with E-state index >= 15 is 0 Å². The molecule has 1 fully saturated rings. The van der Waals surface area contributed by atoms with Crippen molar-refractivity contribution in [1.82, 2.24) is 4.72 Å². The summed E-state index contributed by atoms with van der Waals surface area (Å²) in [7, 11) is -3.49. The van der Waals surface area contributed by atoms with E-state index in [2.05, 4.69) is 4.72 Å². The van der Waals surface area contributed by atoms with E-state index in [1.165, 1.54) is 37.1 Å². The third kappa shape index (κ3) is 3.43. The van der Waals surface area contributed by atoms with E-state index in [0.717, 1.165) is 12.8 Å². The quantitative estimate of drug-likeness (QED) is 0.876. The highest BCUT2D eigenvalue weighted by molar-refractivity contribution is 8.00. The SMILES string of the molecule is CSC1(CNS(=O)(=O)c2ccc(O)cc2)CCCC1. The highest BCUT2D eigenvalue weighted by atomic mass is 32.2. The lowest BCUT2D eigenvalue weighted by Crippen LogP contribution is -2.38. The van der Waals surface area contributed by atoms with Gasteiger partial charge in [-0.1, -0.05) is 12.8 Å². The minimum absolute atomic E-state index is 0.0456. The summed E-state index contributed by atoms with van der Waals surface area (Å²) in [4.78, 5) is 0.194. The Bertz CT molecular complexity index is 519. The van der Waals surface area contributed by atoms with Crippen molar-refractivity contribution in [2.45, 2.75) is 35.3 Å². The first-order valence-corrected chi connectivity index (χ1v) is 9.02. The molecule has 0 saturated heterocycles. The second kappa shape index (κ2) is 5.73. The van der Waals surface area contributed by atoms with Gasteiger partial charge in [0, 0.05) is 11.3 Å². The van der Waals surface area contributed by atoms with Crippen molar-refractivity contribution in [3.8, 4) is 5.75 Å². The highest BCUT2D eigenvalue weighted by Gasteiger charge is 2.34. The zero-order valence-corrected chi connectivity index (χ0v) is 12.6. The molecule has 0 amide bonds. The summed E-state index contributed by atoms with van der Waals surface area (Å²) in [6, 6.07) is 5.60. The van der Waals surface area contributed by atoms with Gasteiger partial charge in [-0.25, -0.2) is 13.1 Å². The van der Waals surface area contributed by atoms with Crippen LogP contribution in [0.5, 0.6) is 5.75 Å². The Morgan fingerprint density at radius 1 is 1.26 bits per heavy atom. The smallest absolute Gasteiger partial charge is 0.240 e. The lowest BCUT2D eigenvalue weighted by molar-refractivity contribution is 0.474. The number of phenols is 1. The Hall–Kier alpha value is -0.720.